The number of carbonyl (C=O) groups is 2. The molecular formula is C27H36N2O3. The van der Waals surface area contributed by atoms with Crippen LogP contribution < -0.4 is 10.1 Å². The number of carbonyl (C=O) groups excluding carboxylic acids is 2. The normalized spacial score (nSPS) is 14.7. The second-order valence-corrected chi connectivity index (χ2v) is 8.52. The molecular weight excluding hydrogens is 400 g/mol. The Labute approximate surface area is 192 Å². The first-order valence-electron chi connectivity index (χ1n) is 12.0. The third-order valence-electron chi connectivity index (χ3n) is 6.27. The molecule has 0 aliphatic heterocycles. The van der Waals surface area contributed by atoms with Crippen molar-refractivity contribution in [1.29, 1.82) is 0 Å². The number of nitrogens with zero attached hydrogens (tertiary/aromatic N) is 1. The number of rotatable bonds is 11. The molecule has 2 aromatic carbocycles. The van der Waals surface area contributed by atoms with Gasteiger partial charge in [0.2, 0.25) is 5.91 Å². The van der Waals surface area contributed by atoms with Crippen LogP contribution in [0.1, 0.15) is 57.1 Å². The van der Waals surface area contributed by atoms with E-state index in [0.29, 0.717) is 25.1 Å². The largest absolute Gasteiger partial charge is 0.484 e. The van der Waals surface area contributed by atoms with E-state index in [1.165, 1.54) is 5.56 Å². The van der Waals surface area contributed by atoms with Crippen molar-refractivity contribution >= 4 is 11.8 Å². The predicted molar refractivity (Wildman–Crippen MR) is 128 cm³/mol. The van der Waals surface area contributed by atoms with E-state index in [4.69, 9.17) is 4.74 Å². The van der Waals surface area contributed by atoms with Gasteiger partial charge in [0.25, 0.3) is 5.91 Å². The topological polar surface area (TPSA) is 58.6 Å². The Balaban J connectivity index is 1.68. The minimum atomic E-state index is -0.488. The van der Waals surface area contributed by atoms with Crippen molar-refractivity contribution in [1.82, 2.24) is 10.2 Å². The maximum absolute atomic E-state index is 13.2. The molecule has 0 spiro atoms. The molecule has 1 N–H and O–H groups in total. The summed E-state index contributed by atoms with van der Waals surface area (Å²) in [4.78, 5) is 28.0. The van der Waals surface area contributed by atoms with Crippen molar-refractivity contribution in [3.8, 4) is 5.75 Å². The zero-order valence-corrected chi connectivity index (χ0v) is 19.4. The van der Waals surface area contributed by atoms with Crippen molar-refractivity contribution in [2.45, 2.75) is 70.9 Å². The number of hydrogen-bond donors (Lipinski definition) is 1. The number of nitrogens with one attached hydrogen (secondary N) is 1. The molecule has 0 unspecified atom stereocenters. The van der Waals surface area contributed by atoms with Gasteiger partial charge in [0, 0.05) is 12.6 Å². The zero-order valence-electron chi connectivity index (χ0n) is 19.4. The Bertz CT molecular complexity index is 845. The SMILES string of the molecule is CCc1ccc(OCC(=O)N(CCc2ccccc2)[C@H](CC)C(=O)NC2CCCC2)cc1. The van der Waals surface area contributed by atoms with E-state index >= 15 is 0 Å². The minimum absolute atomic E-state index is 0.0480. The van der Waals surface area contributed by atoms with Crippen molar-refractivity contribution in [3.63, 3.8) is 0 Å². The summed E-state index contributed by atoms with van der Waals surface area (Å²) in [5.41, 5.74) is 2.37. The first kappa shape index (κ1) is 23.8. The first-order chi connectivity index (χ1) is 15.6. The Kier molecular flexibility index (Phi) is 9.14. The average molecular weight is 437 g/mol. The molecule has 0 heterocycles. The number of benzene rings is 2. The molecule has 1 aliphatic rings. The summed E-state index contributed by atoms with van der Waals surface area (Å²) in [6.45, 7) is 4.47. The maximum atomic E-state index is 13.2. The van der Waals surface area contributed by atoms with E-state index < -0.39 is 6.04 Å². The van der Waals surface area contributed by atoms with Crippen molar-refractivity contribution in [2.24, 2.45) is 0 Å². The van der Waals surface area contributed by atoms with E-state index in [1.54, 1.807) is 4.90 Å². The summed E-state index contributed by atoms with van der Waals surface area (Å²) in [5.74, 6) is 0.462. The molecule has 3 rings (SSSR count). The molecule has 1 aliphatic carbocycles. The third kappa shape index (κ3) is 6.84. The number of hydrogen-bond acceptors (Lipinski definition) is 3. The minimum Gasteiger partial charge on any atom is -0.484 e. The quantitative estimate of drug-likeness (QED) is 0.563. The van der Waals surface area contributed by atoms with Crippen molar-refractivity contribution in [2.75, 3.05) is 13.2 Å². The summed E-state index contributed by atoms with van der Waals surface area (Å²) >= 11 is 0. The lowest BCUT2D eigenvalue weighted by molar-refractivity contribution is -0.142. The highest BCUT2D eigenvalue weighted by Crippen LogP contribution is 2.19. The smallest absolute Gasteiger partial charge is 0.261 e. The molecule has 0 radical (unpaired) electrons. The summed E-state index contributed by atoms with van der Waals surface area (Å²) in [7, 11) is 0. The molecule has 1 fully saturated rings. The molecule has 1 saturated carbocycles. The highest BCUT2D eigenvalue weighted by atomic mass is 16.5. The summed E-state index contributed by atoms with van der Waals surface area (Å²) in [6.07, 6.45) is 6.59. The molecule has 2 aromatic rings. The van der Waals surface area contributed by atoms with Gasteiger partial charge in [-0.05, 0) is 55.4 Å². The molecule has 5 heteroatoms. The second kappa shape index (κ2) is 12.3. The van der Waals surface area contributed by atoms with Gasteiger partial charge < -0.3 is 15.0 Å². The number of ether oxygens (including phenoxy) is 1. The van der Waals surface area contributed by atoms with E-state index in [2.05, 4.69) is 12.2 Å². The van der Waals surface area contributed by atoms with Gasteiger partial charge in [0.1, 0.15) is 11.8 Å². The van der Waals surface area contributed by atoms with Gasteiger partial charge in [0.15, 0.2) is 6.61 Å². The molecule has 5 nitrogen and oxygen atoms in total. The zero-order chi connectivity index (χ0) is 22.8. The van der Waals surface area contributed by atoms with E-state index in [9.17, 15) is 9.59 Å². The van der Waals surface area contributed by atoms with Crippen LogP contribution in [0.2, 0.25) is 0 Å². The van der Waals surface area contributed by atoms with Gasteiger partial charge in [-0.25, -0.2) is 0 Å². The molecule has 0 saturated heterocycles. The standard InChI is InChI=1S/C27H36N2O3/c1-3-21-14-16-24(17-15-21)32-20-26(30)29(19-18-22-10-6-5-7-11-22)25(4-2)27(31)28-23-12-8-9-13-23/h5-7,10-11,14-17,23,25H,3-4,8-9,12-13,18-20H2,1-2H3,(H,28,31)/t25-/m1/s1. The Morgan fingerprint density at radius 3 is 2.31 bits per heavy atom. The van der Waals surface area contributed by atoms with Gasteiger partial charge in [-0.15, -0.1) is 0 Å². The second-order valence-electron chi connectivity index (χ2n) is 8.52. The lowest BCUT2D eigenvalue weighted by Gasteiger charge is -2.31. The predicted octanol–water partition coefficient (Wildman–Crippen LogP) is 4.54. The van der Waals surface area contributed by atoms with Crippen LogP contribution in [0.15, 0.2) is 54.6 Å². The van der Waals surface area contributed by atoms with E-state index in [0.717, 1.165) is 37.7 Å². The van der Waals surface area contributed by atoms with Crippen molar-refractivity contribution < 1.29 is 14.3 Å². The van der Waals surface area contributed by atoms with Crippen LogP contribution in [0.4, 0.5) is 0 Å². The fourth-order valence-corrected chi connectivity index (χ4v) is 4.31. The van der Waals surface area contributed by atoms with Crippen LogP contribution in [-0.4, -0.2) is 41.9 Å². The summed E-state index contributed by atoms with van der Waals surface area (Å²) < 4.78 is 5.79. The highest BCUT2D eigenvalue weighted by Gasteiger charge is 2.30. The monoisotopic (exact) mass is 436 g/mol. The molecule has 32 heavy (non-hydrogen) atoms. The fourth-order valence-electron chi connectivity index (χ4n) is 4.31. The lowest BCUT2D eigenvalue weighted by Crippen LogP contribution is -2.52. The van der Waals surface area contributed by atoms with Gasteiger partial charge in [-0.2, -0.15) is 0 Å². The number of aryl methyl sites for hydroxylation is 1. The van der Waals surface area contributed by atoms with E-state index in [-0.39, 0.29) is 24.5 Å². The van der Waals surface area contributed by atoms with Crippen LogP contribution in [-0.2, 0) is 22.4 Å². The van der Waals surface area contributed by atoms with Crippen LogP contribution in [0.25, 0.3) is 0 Å². The van der Waals surface area contributed by atoms with Crippen LogP contribution in [0, 0.1) is 0 Å². The lowest BCUT2D eigenvalue weighted by atomic mass is 10.1. The highest BCUT2D eigenvalue weighted by molar-refractivity contribution is 5.88. The average Bonchev–Trinajstić information content (AvgIpc) is 3.34. The molecule has 0 bridgehead atoms. The van der Waals surface area contributed by atoms with Crippen LogP contribution in [0.3, 0.4) is 0 Å². The summed E-state index contributed by atoms with van der Waals surface area (Å²) in [5, 5.41) is 3.18. The third-order valence-corrected chi connectivity index (χ3v) is 6.27. The molecule has 172 valence electrons. The Hall–Kier alpha value is -2.82. The van der Waals surface area contributed by atoms with Gasteiger partial charge in [-0.3, -0.25) is 9.59 Å². The Morgan fingerprint density at radius 2 is 1.69 bits per heavy atom. The van der Waals surface area contributed by atoms with Crippen molar-refractivity contribution in [3.05, 3.63) is 65.7 Å². The van der Waals surface area contributed by atoms with Crippen LogP contribution in [0.5, 0.6) is 5.75 Å². The van der Waals surface area contributed by atoms with Gasteiger partial charge >= 0.3 is 0 Å². The van der Waals surface area contributed by atoms with Gasteiger partial charge in [0.05, 0.1) is 0 Å². The summed E-state index contributed by atoms with van der Waals surface area (Å²) in [6, 6.07) is 17.6. The maximum Gasteiger partial charge on any atom is 0.261 e. The molecule has 1 atom stereocenters. The molecule has 2 amide bonds. The van der Waals surface area contributed by atoms with Crippen LogP contribution >= 0.6 is 0 Å². The number of amides is 2. The first-order valence-corrected chi connectivity index (χ1v) is 12.0. The Morgan fingerprint density at radius 1 is 1.00 bits per heavy atom. The van der Waals surface area contributed by atoms with E-state index in [1.807, 2.05) is 61.5 Å². The van der Waals surface area contributed by atoms with Gasteiger partial charge in [-0.1, -0.05) is 69.2 Å². The molecule has 0 aromatic heterocycles. The fraction of sp³-hybridized carbons (Fsp3) is 0.481.